The molecule has 0 saturated carbocycles. The summed E-state index contributed by atoms with van der Waals surface area (Å²) in [5.41, 5.74) is 15.8. The summed E-state index contributed by atoms with van der Waals surface area (Å²) in [4.78, 5) is 0. The number of aliphatic hydroxyl groups excluding tert-OH is 5. The van der Waals surface area contributed by atoms with E-state index in [0.29, 0.717) is 6.42 Å². The lowest BCUT2D eigenvalue weighted by molar-refractivity contribution is -0.204. The van der Waals surface area contributed by atoms with Gasteiger partial charge in [0.15, 0.2) is 12.6 Å². The minimum atomic E-state index is -1.18. The maximum atomic E-state index is 9.26. The average Bonchev–Trinajstić information content (AvgIpc) is 2.82. The van der Waals surface area contributed by atoms with E-state index in [1.807, 2.05) is 0 Å². The molecule has 2 heterocycles. The van der Waals surface area contributed by atoms with Crippen LogP contribution in [-0.2, 0) is 9.47 Å². The highest BCUT2D eigenvalue weighted by Crippen LogP contribution is 2.20. The zero-order valence-corrected chi connectivity index (χ0v) is 17.1. The fourth-order valence-corrected chi connectivity index (χ4v) is 2.21. The number of ether oxygens (including phenoxy) is 2. The molecule has 0 bridgehead atoms. The van der Waals surface area contributed by atoms with E-state index in [4.69, 9.17) is 47.1 Å². The molecule has 0 aromatic heterocycles. The minimum absolute atomic E-state index is 0. The van der Waals surface area contributed by atoms with Gasteiger partial charge in [0.05, 0.1) is 30.5 Å². The van der Waals surface area contributed by atoms with Crippen LogP contribution in [0.3, 0.4) is 0 Å². The number of nitrogens with two attached hydrogens (primary N) is 3. The topological polar surface area (TPSA) is 198 Å². The summed E-state index contributed by atoms with van der Waals surface area (Å²) in [6.07, 6.45) is -4.98. The quantitative estimate of drug-likeness (QED) is 0.213. The lowest BCUT2D eigenvalue weighted by Crippen LogP contribution is -2.53. The Morgan fingerprint density at radius 2 is 1.38 bits per heavy atom. The first kappa shape index (κ1) is 34.3. The second kappa shape index (κ2) is 16.7. The van der Waals surface area contributed by atoms with Crippen LogP contribution < -0.4 is 17.2 Å². The molecule has 164 valence electrons. The maximum absolute atomic E-state index is 9.26. The van der Waals surface area contributed by atoms with Crippen molar-refractivity contribution < 1.29 is 35.0 Å². The molecule has 0 spiro atoms. The third-order valence-electron chi connectivity index (χ3n) is 3.64. The van der Waals surface area contributed by atoms with Gasteiger partial charge in [-0.1, -0.05) is 0 Å². The highest BCUT2D eigenvalue weighted by atomic mass is 35.5. The molecule has 26 heavy (non-hydrogen) atoms. The van der Waals surface area contributed by atoms with Gasteiger partial charge in [-0.3, -0.25) is 0 Å². The molecule has 8 atom stereocenters. The smallest absolute Gasteiger partial charge is 0.181 e. The largest absolute Gasteiger partial charge is 0.390 e. The summed E-state index contributed by atoms with van der Waals surface area (Å²) in [5.74, 6) is 0. The Morgan fingerprint density at radius 3 is 1.77 bits per heavy atom. The van der Waals surface area contributed by atoms with Crippen LogP contribution in [0.25, 0.3) is 0 Å². The molecule has 2 rings (SSSR count). The summed E-state index contributed by atoms with van der Waals surface area (Å²) in [7, 11) is 0. The van der Waals surface area contributed by atoms with Gasteiger partial charge in [-0.25, -0.2) is 0 Å². The van der Waals surface area contributed by atoms with Gasteiger partial charge >= 0.3 is 0 Å². The van der Waals surface area contributed by atoms with E-state index in [1.165, 1.54) is 0 Å². The number of hydrogen-bond acceptors (Lipinski definition) is 10. The Bertz CT molecular complexity index is 331. The molecule has 0 amide bonds. The van der Waals surface area contributed by atoms with Gasteiger partial charge in [-0.15, -0.1) is 49.6 Å². The summed E-state index contributed by atoms with van der Waals surface area (Å²) in [6, 6.07) is -0.507. The summed E-state index contributed by atoms with van der Waals surface area (Å²) in [6.45, 7) is 0.273. The molecular weight excluding hydrogens is 440 g/mol. The molecule has 2 unspecified atom stereocenters. The van der Waals surface area contributed by atoms with E-state index in [0.717, 1.165) is 0 Å². The zero-order chi connectivity index (χ0) is 16.9. The first-order valence-corrected chi connectivity index (χ1v) is 7.17. The van der Waals surface area contributed by atoms with Crippen molar-refractivity contribution >= 4 is 49.6 Å². The number of hydrogen-bond donors (Lipinski definition) is 8. The van der Waals surface area contributed by atoms with E-state index in [-0.39, 0.29) is 69.1 Å². The fraction of sp³-hybridized carbons (Fsp3) is 1.00. The van der Waals surface area contributed by atoms with Crippen LogP contribution >= 0.6 is 49.6 Å². The lowest BCUT2D eigenvalue weighted by Gasteiger charge is -2.34. The van der Waals surface area contributed by atoms with Crippen LogP contribution in [0.1, 0.15) is 12.8 Å². The minimum Gasteiger partial charge on any atom is -0.390 e. The summed E-state index contributed by atoms with van der Waals surface area (Å²) < 4.78 is 9.72. The van der Waals surface area contributed by atoms with Crippen LogP contribution in [0.4, 0.5) is 0 Å². The van der Waals surface area contributed by atoms with Crippen LogP contribution in [-0.4, -0.2) is 87.8 Å². The molecule has 14 heteroatoms. The Kier molecular flexibility index (Phi) is 22.0. The Hall–Kier alpha value is 0.760. The predicted octanol–water partition coefficient (Wildman–Crippen LogP) is -2.80. The normalized spacial score (nSPS) is 36.7. The standard InChI is InChI=1S/C6H14N2O3.C6H13NO4.4ClH/c7-2-5-4(9)1-3(8)6(10)11-5;7-2-4(9)5-1-3(8)6(10)11-5;;;;/h3-6,9-10H,1-2,7-8H2;3-6,8-10H,1-2,7H2;4*1H/t3-,4+,5-,6?;3-,4-,5+,6?;;;;/m11..../s1. The SMILES string of the molecule is Cl.Cl.Cl.Cl.NC[C@@H](O)[C@@H]1C[C@@H](O)C(O)O1.NC[C@H]1OC(O)[C@H](N)C[C@@H]1O. The highest BCUT2D eigenvalue weighted by molar-refractivity contribution is 5.86. The Balaban J connectivity index is -0.000000161. The van der Waals surface area contributed by atoms with Crippen LogP contribution in [0.2, 0.25) is 0 Å². The van der Waals surface area contributed by atoms with Gasteiger partial charge in [0.25, 0.3) is 0 Å². The van der Waals surface area contributed by atoms with Crippen molar-refractivity contribution in [3.05, 3.63) is 0 Å². The molecule has 0 aromatic carbocycles. The van der Waals surface area contributed by atoms with Crippen LogP contribution in [0.15, 0.2) is 0 Å². The summed E-state index contributed by atoms with van der Waals surface area (Å²) in [5, 5.41) is 45.3. The predicted molar refractivity (Wildman–Crippen MR) is 104 cm³/mol. The first-order valence-electron chi connectivity index (χ1n) is 7.17. The molecule has 0 radical (unpaired) electrons. The molecule has 2 fully saturated rings. The third-order valence-corrected chi connectivity index (χ3v) is 3.64. The maximum Gasteiger partial charge on any atom is 0.181 e. The molecule has 2 aliphatic heterocycles. The van der Waals surface area contributed by atoms with Crippen molar-refractivity contribution in [1.82, 2.24) is 0 Å². The lowest BCUT2D eigenvalue weighted by atomic mass is 10.0. The molecule has 10 nitrogen and oxygen atoms in total. The van der Waals surface area contributed by atoms with E-state index in [9.17, 15) is 5.11 Å². The molecule has 0 aromatic rings. The summed E-state index contributed by atoms with van der Waals surface area (Å²) >= 11 is 0. The molecule has 0 aliphatic carbocycles. The Morgan fingerprint density at radius 1 is 0.846 bits per heavy atom. The van der Waals surface area contributed by atoms with Gasteiger partial charge in [0, 0.05) is 19.5 Å². The fourth-order valence-electron chi connectivity index (χ4n) is 2.21. The van der Waals surface area contributed by atoms with Crippen molar-refractivity contribution in [2.24, 2.45) is 17.2 Å². The van der Waals surface area contributed by atoms with Gasteiger partial charge in [-0.05, 0) is 6.42 Å². The second-order valence-electron chi connectivity index (χ2n) is 5.44. The average molecular weight is 471 g/mol. The zero-order valence-electron chi connectivity index (χ0n) is 13.9. The van der Waals surface area contributed by atoms with Crippen molar-refractivity contribution in [2.75, 3.05) is 13.1 Å². The number of aliphatic hydroxyl groups is 5. The molecular formula is C12H31Cl4N3O7. The van der Waals surface area contributed by atoms with E-state index in [2.05, 4.69) is 0 Å². The van der Waals surface area contributed by atoms with Gasteiger partial charge in [0.2, 0.25) is 0 Å². The number of halogens is 4. The Labute approximate surface area is 177 Å². The van der Waals surface area contributed by atoms with Gasteiger partial charge < -0.3 is 52.2 Å². The first-order chi connectivity index (χ1) is 10.3. The molecule has 2 saturated heterocycles. The monoisotopic (exact) mass is 469 g/mol. The van der Waals surface area contributed by atoms with Crippen molar-refractivity contribution in [1.29, 1.82) is 0 Å². The van der Waals surface area contributed by atoms with Crippen LogP contribution in [0, 0.1) is 0 Å². The van der Waals surface area contributed by atoms with Crippen molar-refractivity contribution in [3.8, 4) is 0 Å². The van der Waals surface area contributed by atoms with Gasteiger partial charge in [-0.2, -0.15) is 0 Å². The van der Waals surface area contributed by atoms with E-state index < -0.39 is 49.1 Å². The number of rotatable bonds is 3. The second-order valence-corrected chi connectivity index (χ2v) is 5.44. The van der Waals surface area contributed by atoms with Crippen LogP contribution in [0.5, 0.6) is 0 Å². The van der Waals surface area contributed by atoms with E-state index >= 15 is 0 Å². The molecule has 11 N–H and O–H groups in total. The highest BCUT2D eigenvalue weighted by Gasteiger charge is 2.36. The van der Waals surface area contributed by atoms with Gasteiger partial charge in [0.1, 0.15) is 6.10 Å². The third kappa shape index (κ3) is 10.3. The van der Waals surface area contributed by atoms with E-state index in [1.54, 1.807) is 0 Å². The molecule has 2 aliphatic rings. The van der Waals surface area contributed by atoms with Crippen molar-refractivity contribution in [2.45, 2.75) is 62.0 Å². The van der Waals surface area contributed by atoms with Crippen molar-refractivity contribution in [3.63, 3.8) is 0 Å².